The Morgan fingerprint density at radius 1 is 1.43 bits per heavy atom. The summed E-state index contributed by atoms with van der Waals surface area (Å²) in [5.41, 5.74) is 0.806. The molecule has 0 radical (unpaired) electrons. The number of halogens is 1. The second-order valence-corrected chi connectivity index (χ2v) is 8.14. The number of hydrogen-bond donors (Lipinski definition) is 0. The van der Waals surface area contributed by atoms with Crippen LogP contribution in [-0.2, 0) is 20.6 Å². The van der Waals surface area contributed by atoms with Crippen LogP contribution in [0.15, 0.2) is 18.2 Å². The van der Waals surface area contributed by atoms with E-state index in [0.29, 0.717) is 17.3 Å². The van der Waals surface area contributed by atoms with Crippen molar-refractivity contribution in [3.8, 4) is 5.75 Å². The maximum atomic E-state index is 12.7. The van der Waals surface area contributed by atoms with Gasteiger partial charge in [0.1, 0.15) is 11.8 Å². The van der Waals surface area contributed by atoms with Gasteiger partial charge in [0.25, 0.3) is 0 Å². The van der Waals surface area contributed by atoms with Gasteiger partial charge in [-0.25, -0.2) is 4.67 Å². The Morgan fingerprint density at radius 3 is 2.71 bits per heavy atom. The molecule has 0 spiro atoms. The lowest BCUT2D eigenvalue weighted by Crippen LogP contribution is -2.40. The summed E-state index contributed by atoms with van der Waals surface area (Å²) in [5, 5.41) is 0.572. The molecule has 1 aromatic rings. The number of esters is 1. The highest BCUT2D eigenvalue weighted by Crippen LogP contribution is 2.54. The van der Waals surface area contributed by atoms with Gasteiger partial charge in [0.15, 0.2) is 0 Å². The first kappa shape index (κ1) is 16.3. The molecule has 0 aromatic heterocycles. The van der Waals surface area contributed by atoms with E-state index >= 15 is 0 Å². The molecule has 116 valence electrons. The fourth-order valence-electron chi connectivity index (χ4n) is 2.20. The van der Waals surface area contributed by atoms with E-state index < -0.39 is 19.5 Å². The third-order valence-corrected chi connectivity index (χ3v) is 5.42. The van der Waals surface area contributed by atoms with E-state index in [1.165, 1.54) is 11.3 Å². The van der Waals surface area contributed by atoms with Gasteiger partial charge in [-0.15, -0.1) is 0 Å². The summed E-state index contributed by atoms with van der Waals surface area (Å²) < 4.78 is 25.0. The average Bonchev–Trinajstić information content (AvgIpc) is 2.36. The molecule has 1 aromatic carbocycles. The lowest BCUT2D eigenvalue weighted by atomic mass is 10.2. The molecule has 1 aliphatic rings. The molecule has 5 nitrogen and oxygen atoms in total. The molecule has 2 atom stereocenters. The monoisotopic (exact) mass is 331 g/mol. The normalized spacial score (nSPS) is 23.3. The summed E-state index contributed by atoms with van der Waals surface area (Å²) in [6.45, 7) is 7.05. The number of carbonyl (C=O) groups excluding carboxylic acids is 1. The van der Waals surface area contributed by atoms with E-state index in [1.54, 1.807) is 39.0 Å². The summed E-state index contributed by atoms with van der Waals surface area (Å²) in [6.07, 6.45) is -0.219. The highest BCUT2D eigenvalue weighted by atomic mass is 35.5. The SMILES string of the molecule is CC(C)OC(=O)C(C)N1Cc2cc(Cl)ccc2OP1(C)=O. The molecule has 21 heavy (non-hydrogen) atoms. The van der Waals surface area contributed by atoms with Crippen LogP contribution in [0.25, 0.3) is 0 Å². The summed E-state index contributed by atoms with van der Waals surface area (Å²) in [7, 11) is -3.11. The van der Waals surface area contributed by atoms with Crippen molar-refractivity contribution in [2.24, 2.45) is 0 Å². The molecule has 0 N–H and O–H groups in total. The van der Waals surface area contributed by atoms with Crippen molar-refractivity contribution < 1.29 is 18.6 Å². The lowest BCUT2D eigenvalue weighted by molar-refractivity contribution is -0.151. The summed E-state index contributed by atoms with van der Waals surface area (Å²) in [4.78, 5) is 12.1. The van der Waals surface area contributed by atoms with Crippen molar-refractivity contribution in [3.63, 3.8) is 0 Å². The second-order valence-electron chi connectivity index (χ2n) is 5.41. The van der Waals surface area contributed by atoms with Gasteiger partial charge in [-0.3, -0.25) is 9.36 Å². The number of hydrogen-bond acceptors (Lipinski definition) is 4. The van der Waals surface area contributed by atoms with Crippen molar-refractivity contribution in [2.45, 2.75) is 39.5 Å². The van der Waals surface area contributed by atoms with Gasteiger partial charge in [-0.1, -0.05) is 11.6 Å². The molecular formula is C14H19ClNO4P. The first-order valence-electron chi connectivity index (χ1n) is 6.74. The van der Waals surface area contributed by atoms with E-state index in [-0.39, 0.29) is 6.10 Å². The molecular weight excluding hydrogens is 313 g/mol. The maximum Gasteiger partial charge on any atom is 0.323 e. The van der Waals surface area contributed by atoms with E-state index in [4.69, 9.17) is 20.9 Å². The average molecular weight is 332 g/mol. The maximum absolute atomic E-state index is 12.7. The van der Waals surface area contributed by atoms with E-state index in [1.807, 2.05) is 0 Å². The standard InChI is InChI=1S/C14H19ClNO4P/c1-9(2)19-14(17)10(3)16-8-11-7-12(15)5-6-13(11)20-21(16,4)18/h5-7,9-10H,8H2,1-4H3. The van der Waals surface area contributed by atoms with Gasteiger partial charge in [-0.05, 0) is 39.0 Å². The number of fused-ring (bicyclic) bond motifs is 1. The minimum atomic E-state index is -3.11. The summed E-state index contributed by atoms with van der Waals surface area (Å²) in [6, 6.07) is 4.48. The van der Waals surface area contributed by atoms with Gasteiger partial charge >= 0.3 is 13.5 Å². The largest absolute Gasteiger partial charge is 0.462 e. The molecule has 0 fully saturated rings. The second kappa shape index (κ2) is 5.99. The molecule has 7 heteroatoms. The molecule has 1 heterocycles. The molecule has 0 saturated heterocycles. The van der Waals surface area contributed by atoms with Gasteiger partial charge < -0.3 is 9.26 Å². The van der Waals surface area contributed by atoms with Gasteiger partial charge in [0, 0.05) is 23.8 Å². The van der Waals surface area contributed by atoms with E-state index in [2.05, 4.69) is 0 Å². The Labute approximate surface area is 129 Å². The Morgan fingerprint density at radius 2 is 2.10 bits per heavy atom. The number of rotatable bonds is 3. The first-order valence-corrected chi connectivity index (χ1v) is 9.14. The third kappa shape index (κ3) is 3.60. The van der Waals surface area contributed by atoms with Crippen molar-refractivity contribution >= 4 is 25.1 Å². The zero-order chi connectivity index (χ0) is 15.8. The molecule has 0 bridgehead atoms. The van der Waals surface area contributed by atoms with Crippen LogP contribution in [-0.4, -0.2) is 29.5 Å². The van der Waals surface area contributed by atoms with Crippen LogP contribution >= 0.6 is 19.1 Å². The van der Waals surface area contributed by atoms with Crippen LogP contribution in [0.2, 0.25) is 5.02 Å². The van der Waals surface area contributed by atoms with Crippen LogP contribution in [0.3, 0.4) is 0 Å². The first-order chi connectivity index (χ1) is 9.70. The number of carbonyl (C=O) groups is 1. The van der Waals surface area contributed by atoms with Crippen LogP contribution in [0.4, 0.5) is 0 Å². The quantitative estimate of drug-likeness (QED) is 0.624. The zero-order valence-electron chi connectivity index (χ0n) is 12.5. The Balaban J connectivity index is 2.27. The molecule has 2 unspecified atom stereocenters. The summed E-state index contributed by atoms with van der Waals surface area (Å²) in [5.74, 6) is 0.132. The fourth-order valence-corrected chi connectivity index (χ4v) is 4.18. The number of ether oxygens (including phenoxy) is 1. The molecule has 0 saturated carbocycles. The smallest absolute Gasteiger partial charge is 0.323 e. The molecule has 2 rings (SSSR count). The van der Waals surface area contributed by atoms with Crippen LogP contribution in [0.5, 0.6) is 5.75 Å². The van der Waals surface area contributed by atoms with Crippen LogP contribution in [0, 0.1) is 0 Å². The zero-order valence-corrected chi connectivity index (χ0v) is 14.1. The summed E-state index contributed by atoms with van der Waals surface area (Å²) >= 11 is 5.97. The van der Waals surface area contributed by atoms with Gasteiger partial charge in [0.2, 0.25) is 0 Å². The minimum absolute atomic E-state index is 0.219. The van der Waals surface area contributed by atoms with Crippen molar-refractivity contribution in [3.05, 3.63) is 28.8 Å². The van der Waals surface area contributed by atoms with E-state index in [9.17, 15) is 9.36 Å². The topological polar surface area (TPSA) is 55.8 Å². The van der Waals surface area contributed by atoms with Gasteiger partial charge in [-0.2, -0.15) is 0 Å². The van der Waals surface area contributed by atoms with Gasteiger partial charge in [0.05, 0.1) is 6.10 Å². The Hall–Kier alpha value is -1.03. The molecule has 0 aliphatic carbocycles. The predicted octanol–water partition coefficient (Wildman–Crippen LogP) is 3.70. The minimum Gasteiger partial charge on any atom is -0.462 e. The molecule has 1 aliphatic heterocycles. The fraction of sp³-hybridized carbons (Fsp3) is 0.500. The highest BCUT2D eigenvalue weighted by molar-refractivity contribution is 7.56. The van der Waals surface area contributed by atoms with E-state index in [0.717, 1.165) is 5.56 Å². The Kier molecular flexibility index (Phi) is 4.66. The Bertz CT molecular complexity index is 605. The third-order valence-electron chi connectivity index (χ3n) is 3.23. The van der Waals surface area contributed by atoms with Crippen molar-refractivity contribution in [2.75, 3.05) is 6.66 Å². The van der Waals surface area contributed by atoms with Crippen LogP contribution in [0.1, 0.15) is 26.3 Å². The van der Waals surface area contributed by atoms with Crippen molar-refractivity contribution in [1.82, 2.24) is 4.67 Å². The van der Waals surface area contributed by atoms with Crippen molar-refractivity contribution in [1.29, 1.82) is 0 Å². The lowest BCUT2D eigenvalue weighted by Gasteiger charge is -2.37. The molecule has 0 amide bonds. The number of nitrogens with zero attached hydrogens (tertiary/aromatic N) is 1. The predicted molar refractivity (Wildman–Crippen MR) is 81.8 cm³/mol. The highest BCUT2D eigenvalue weighted by Gasteiger charge is 2.40. The number of benzene rings is 1. The van der Waals surface area contributed by atoms with Crippen LogP contribution < -0.4 is 4.52 Å².